The van der Waals surface area contributed by atoms with Crippen molar-refractivity contribution in [2.24, 2.45) is 0 Å². The summed E-state index contributed by atoms with van der Waals surface area (Å²) in [6, 6.07) is 13.9. The minimum atomic E-state index is -4.32. The maximum atomic E-state index is 11.7. The second-order valence-corrected chi connectivity index (χ2v) is 3.94. The highest BCUT2D eigenvalue weighted by molar-refractivity contribution is 5.80. The van der Waals surface area contributed by atoms with Crippen LogP contribution in [0.3, 0.4) is 0 Å². The van der Waals surface area contributed by atoms with Crippen molar-refractivity contribution >= 4 is 10.8 Å². The van der Waals surface area contributed by atoms with Gasteiger partial charge < -0.3 is 0 Å². The molecule has 0 saturated heterocycles. The molecule has 0 N–H and O–H groups in total. The van der Waals surface area contributed by atoms with E-state index in [9.17, 15) is 13.2 Å². The standard InChI is InChI=1S/C9H7N.C6H4F3N/c1-2-4-9-7-10-6-5-8(9)3-1;7-6(8,9)5-3-1-2-4-10-5/h1-7H;1-4H. The van der Waals surface area contributed by atoms with Gasteiger partial charge in [-0.3, -0.25) is 9.97 Å². The SMILES string of the molecule is FC(F)(F)c1ccccn1.c1ccc2cnccc2c1. The number of hydrogen-bond acceptors (Lipinski definition) is 2. The molecular weight excluding hydrogens is 265 g/mol. The number of halogens is 3. The van der Waals surface area contributed by atoms with Crippen LogP contribution >= 0.6 is 0 Å². The lowest BCUT2D eigenvalue weighted by atomic mass is 10.2. The minimum Gasteiger partial charge on any atom is -0.264 e. The molecule has 5 heteroatoms. The summed E-state index contributed by atoms with van der Waals surface area (Å²) < 4.78 is 35.2. The molecule has 0 radical (unpaired) electrons. The van der Waals surface area contributed by atoms with Crippen LogP contribution in [0.1, 0.15) is 5.69 Å². The van der Waals surface area contributed by atoms with Gasteiger partial charge >= 0.3 is 6.18 Å². The Labute approximate surface area is 113 Å². The number of aromatic nitrogens is 2. The summed E-state index contributed by atoms with van der Waals surface area (Å²) in [5.74, 6) is 0. The van der Waals surface area contributed by atoms with Crippen molar-refractivity contribution in [3.05, 3.63) is 72.8 Å². The minimum absolute atomic E-state index is 0.852. The molecular formula is C15H11F3N2. The molecule has 102 valence electrons. The van der Waals surface area contributed by atoms with E-state index in [1.165, 1.54) is 22.9 Å². The van der Waals surface area contributed by atoms with Gasteiger partial charge in [0, 0.05) is 18.6 Å². The highest BCUT2D eigenvalue weighted by Crippen LogP contribution is 2.26. The molecule has 2 nitrogen and oxygen atoms in total. The predicted octanol–water partition coefficient (Wildman–Crippen LogP) is 4.34. The Morgan fingerprint density at radius 3 is 2.00 bits per heavy atom. The van der Waals surface area contributed by atoms with Crippen LogP contribution in [0, 0.1) is 0 Å². The molecule has 0 aliphatic rings. The van der Waals surface area contributed by atoms with Crippen LogP contribution in [0.15, 0.2) is 67.1 Å². The fraction of sp³-hybridized carbons (Fsp3) is 0.0667. The molecule has 0 spiro atoms. The summed E-state index contributed by atoms with van der Waals surface area (Å²) in [6.07, 6.45) is 0.474. The first kappa shape index (κ1) is 14.0. The average molecular weight is 276 g/mol. The quantitative estimate of drug-likeness (QED) is 0.610. The normalized spacial score (nSPS) is 10.8. The summed E-state index contributed by atoms with van der Waals surface area (Å²) >= 11 is 0. The molecule has 0 amide bonds. The topological polar surface area (TPSA) is 25.8 Å². The van der Waals surface area contributed by atoms with Crippen molar-refractivity contribution in [2.75, 3.05) is 0 Å². The largest absolute Gasteiger partial charge is 0.433 e. The molecule has 20 heavy (non-hydrogen) atoms. The Bertz CT molecular complexity index is 601. The molecule has 0 aliphatic carbocycles. The van der Waals surface area contributed by atoms with E-state index in [0.717, 1.165) is 12.3 Å². The van der Waals surface area contributed by atoms with Gasteiger partial charge in [-0.15, -0.1) is 0 Å². The van der Waals surface area contributed by atoms with Crippen LogP contribution in [0.4, 0.5) is 13.2 Å². The second kappa shape index (κ2) is 6.14. The molecule has 0 bridgehead atoms. The number of alkyl halides is 3. The number of fused-ring (bicyclic) bond motifs is 1. The van der Waals surface area contributed by atoms with Gasteiger partial charge in [0.1, 0.15) is 5.69 Å². The lowest BCUT2D eigenvalue weighted by molar-refractivity contribution is -0.141. The van der Waals surface area contributed by atoms with Crippen LogP contribution < -0.4 is 0 Å². The Balaban J connectivity index is 0.000000147. The Kier molecular flexibility index (Phi) is 4.30. The number of hydrogen-bond donors (Lipinski definition) is 0. The van der Waals surface area contributed by atoms with E-state index in [-0.39, 0.29) is 0 Å². The van der Waals surface area contributed by atoms with Crippen molar-refractivity contribution in [2.45, 2.75) is 6.18 Å². The molecule has 2 aromatic heterocycles. The zero-order valence-corrected chi connectivity index (χ0v) is 10.4. The molecule has 0 aliphatic heterocycles. The Hall–Kier alpha value is -2.43. The van der Waals surface area contributed by atoms with Gasteiger partial charge in [-0.25, -0.2) is 0 Å². The van der Waals surface area contributed by atoms with Crippen LogP contribution in [0.5, 0.6) is 0 Å². The predicted molar refractivity (Wildman–Crippen MR) is 71.0 cm³/mol. The first-order valence-electron chi connectivity index (χ1n) is 5.84. The number of nitrogens with zero attached hydrogens (tertiary/aromatic N) is 2. The third-order valence-electron chi connectivity index (χ3n) is 2.51. The maximum Gasteiger partial charge on any atom is 0.433 e. The summed E-state index contributed by atoms with van der Waals surface area (Å²) in [7, 11) is 0. The Morgan fingerprint density at radius 2 is 1.45 bits per heavy atom. The van der Waals surface area contributed by atoms with Gasteiger partial charge in [-0.2, -0.15) is 13.2 Å². The van der Waals surface area contributed by atoms with E-state index in [1.807, 2.05) is 30.6 Å². The molecule has 2 heterocycles. The van der Waals surface area contributed by atoms with Gasteiger partial charge in [0.2, 0.25) is 0 Å². The van der Waals surface area contributed by atoms with E-state index in [4.69, 9.17) is 0 Å². The lowest BCUT2D eigenvalue weighted by Gasteiger charge is -2.02. The van der Waals surface area contributed by atoms with E-state index < -0.39 is 11.9 Å². The zero-order valence-electron chi connectivity index (χ0n) is 10.4. The zero-order chi connectivity index (χ0) is 14.4. The van der Waals surface area contributed by atoms with Gasteiger partial charge in [-0.05, 0) is 29.0 Å². The van der Waals surface area contributed by atoms with Crippen LogP contribution in [-0.4, -0.2) is 9.97 Å². The van der Waals surface area contributed by atoms with Gasteiger partial charge in [-0.1, -0.05) is 30.3 Å². The molecule has 0 saturated carbocycles. The Morgan fingerprint density at radius 1 is 0.750 bits per heavy atom. The summed E-state index contributed by atoms with van der Waals surface area (Å²) in [6.45, 7) is 0. The van der Waals surface area contributed by atoms with E-state index in [0.29, 0.717) is 0 Å². The third kappa shape index (κ3) is 3.78. The summed E-state index contributed by atoms with van der Waals surface area (Å²) in [5, 5.41) is 2.45. The van der Waals surface area contributed by atoms with Crippen molar-refractivity contribution in [1.82, 2.24) is 9.97 Å². The highest BCUT2D eigenvalue weighted by atomic mass is 19.4. The van der Waals surface area contributed by atoms with Crippen LogP contribution in [-0.2, 0) is 6.18 Å². The van der Waals surface area contributed by atoms with Crippen LogP contribution in [0.2, 0.25) is 0 Å². The van der Waals surface area contributed by atoms with Crippen LogP contribution in [0.25, 0.3) is 10.8 Å². The molecule has 0 unspecified atom stereocenters. The van der Waals surface area contributed by atoms with Gasteiger partial charge in [0.25, 0.3) is 0 Å². The van der Waals surface area contributed by atoms with E-state index >= 15 is 0 Å². The number of benzene rings is 1. The molecule has 1 aromatic carbocycles. The van der Waals surface area contributed by atoms with Crippen molar-refractivity contribution in [1.29, 1.82) is 0 Å². The maximum absolute atomic E-state index is 11.7. The molecule has 0 atom stereocenters. The van der Waals surface area contributed by atoms with Gasteiger partial charge in [0.15, 0.2) is 0 Å². The molecule has 3 rings (SSSR count). The smallest absolute Gasteiger partial charge is 0.264 e. The van der Waals surface area contributed by atoms with E-state index in [1.54, 1.807) is 0 Å². The van der Waals surface area contributed by atoms with Crippen molar-refractivity contribution in [3.63, 3.8) is 0 Å². The number of rotatable bonds is 0. The first-order chi connectivity index (χ1) is 9.57. The monoisotopic (exact) mass is 276 g/mol. The van der Waals surface area contributed by atoms with E-state index in [2.05, 4.69) is 22.1 Å². The second-order valence-electron chi connectivity index (χ2n) is 3.94. The third-order valence-corrected chi connectivity index (χ3v) is 2.51. The van der Waals surface area contributed by atoms with Crippen molar-refractivity contribution < 1.29 is 13.2 Å². The number of pyridine rings is 2. The average Bonchev–Trinajstić information content (AvgIpc) is 2.48. The first-order valence-corrected chi connectivity index (χ1v) is 5.84. The van der Waals surface area contributed by atoms with Gasteiger partial charge in [0.05, 0.1) is 0 Å². The molecule has 3 aromatic rings. The highest BCUT2D eigenvalue weighted by Gasteiger charge is 2.31. The summed E-state index contributed by atoms with van der Waals surface area (Å²) in [4.78, 5) is 7.14. The fourth-order valence-corrected chi connectivity index (χ4v) is 1.56. The summed E-state index contributed by atoms with van der Waals surface area (Å²) in [5.41, 5.74) is -0.852. The van der Waals surface area contributed by atoms with Crippen molar-refractivity contribution in [3.8, 4) is 0 Å². The lowest BCUT2D eigenvalue weighted by Crippen LogP contribution is -2.06. The molecule has 0 fully saturated rings. The fourth-order valence-electron chi connectivity index (χ4n) is 1.56.